The summed E-state index contributed by atoms with van der Waals surface area (Å²) >= 11 is 5.64. The van der Waals surface area contributed by atoms with Crippen molar-refractivity contribution in [2.75, 3.05) is 0 Å². The van der Waals surface area contributed by atoms with Gasteiger partial charge in [0.25, 0.3) is 0 Å². The monoisotopic (exact) mass is 247 g/mol. The smallest absolute Gasteiger partial charge is 0.165 e. The van der Waals surface area contributed by atoms with Gasteiger partial charge in [0.05, 0.1) is 23.3 Å². The number of aromatic nitrogens is 5. The second-order valence-electron chi connectivity index (χ2n) is 3.71. The van der Waals surface area contributed by atoms with E-state index in [0.29, 0.717) is 18.1 Å². The van der Waals surface area contributed by atoms with Gasteiger partial charge in [0.1, 0.15) is 11.6 Å². The van der Waals surface area contributed by atoms with Crippen molar-refractivity contribution in [2.45, 2.75) is 12.3 Å². The van der Waals surface area contributed by atoms with Crippen molar-refractivity contribution < 1.29 is 0 Å². The fourth-order valence-corrected chi connectivity index (χ4v) is 1.84. The first-order chi connectivity index (χ1) is 8.35. The second-order valence-corrected chi connectivity index (χ2v) is 3.98. The summed E-state index contributed by atoms with van der Waals surface area (Å²) in [6.07, 6.45) is 0.596. The van der Waals surface area contributed by atoms with E-state index in [1.165, 1.54) is 0 Å². The summed E-state index contributed by atoms with van der Waals surface area (Å²) in [7, 11) is 0. The summed E-state index contributed by atoms with van der Waals surface area (Å²) in [6, 6.07) is 7.91. The summed E-state index contributed by atoms with van der Waals surface area (Å²) in [4.78, 5) is 11.9. The van der Waals surface area contributed by atoms with E-state index in [9.17, 15) is 0 Å². The zero-order valence-electron chi connectivity index (χ0n) is 8.94. The van der Waals surface area contributed by atoms with Crippen LogP contribution in [0, 0.1) is 0 Å². The second kappa shape index (κ2) is 4.18. The molecular formula is C11H10ClN5. The highest BCUT2D eigenvalue weighted by Crippen LogP contribution is 2.12. The van der Waals surface area contributed by atoms with E-state index < -0.39 is 0 Å². The molecule has 2 aromatic heterocycles. The average molecular weight is 248 g/mol. The molecule has 17 heavy (non-hydrogen) atoms. The predicted octanol–water partition coefficient (Wildman–Crippen LogP) is 2.01. The Morgan fingerprint density at radius 1 is 1.12 bits per heavy atom. The lowest BCUT2D eigenvalue weighted by Crippen LogP contribution is -1.93. The van der Waals surface area contributed by atoms with E-state index in [-0.39, 0.29) is 0 Å². The Bertz CT molecular complexity index is 609. The third-order valence-corrected chi connectivity index (χ3v) is 2.71. The summed E-state index contributed by atoms with van der Waals surface area (Å²) < 4.78 is 0. The number of hydrogen-bond acceptors (Lipinski definition) is 3. The minimum Gasteiger partial charge on any atom is -0.342 e. The number of aromatic amines is 2. The van der Waals surface area contributed by atoms with Gasteiger partial charge >= 0.3 is 0 Å². The fourth-order valence-electron chi connectivity index (χ4n) is 1.72. The number of alkyl halides is 1. The maximum absolute atomic E-state index is 5.64. The first-order valence-corrected chi connectivity index (χ1v) is 5.78. The number of hydrogen-bond donors (Lipinski definition) is 2. The summed E-state index contributed by atoms with van der Waals surface area (Å²) in [5, 5.41) is 6.82. The zero-order valence-corrected chi connectivity index (χ0v) is 9.70. The van der Waals surface area contributed by atoms with Crippen molar-refractivity contribution in [2.24, 2.45) is 0 Å². The van der Waals surface area contributed by atoms with Crippen LogP contribution in [0.3, 0.4) is 0 Å². The lowest BCUT2D eigenvalue weighted by molar-refractivity contribution is 0.923. The number of nitrogens with zero attached hydrogens (tertiary/aromatic N) is 3. The van der Waals surface area contributed by atoms with E-state index in [1.807, 2.05) is 24.3 Å². The van der Waals surface area contributed by atoms with Gasteiger partial charge < -0.3 is 4.98 Å². The van der Waals surface area contributed by atoms with Crippen molar-refractivity contribution in [3.8, 4) is 0 Å². The molecule has 5 nitrogen and oxygen atoms in total. The highest BCUT2D eigenvalue weighted by Gasteiger charge is 2.06. The number of para-hydroxylation sites is 2. The minimum atomic E-state index is 0.316. The Hall–Kier alpha value is -1.88. The summed E-state index contributed by atoms with van der Waals surface area (Å²) in [6.45, 7) is 0. The van der Waals surface area contributed by atoms with Crippen LogP contribution in [0.5, 0.6) is 0 Å². The zero-order chi connectivity index (χ0) is 11.7. The lowest BCUT2D eigenvalue weighted by atomic mass is 10.3. The molecule has 2 heterocycles. The molecule has 6 heteroatoms. The molecule has 0 fully saturated rings. The van der Waals surface area contributed by atoms with Crippen LogP contribution in [0.2, 0.25) is 0 Å². The predicted molar refractivity (Wildman–Crippen MR) is 64.8 cm³/mol. The molecule has 2 N–H and O–H groups in total. The lowest BCUT2D eigenvalue weighted by Gasteiger charge is -1.89. The highest BCUT2D eigenvalue weighted by atomic mass is 35.5. The van der Waals surface area contributed by atoms with Crippen LogP contribution in [0.15, 0.2) is 24.3 Å². The Morgan fingerprint density at radius 2 is 2.00 bits per heavy atom. The third kappa shape index (κ3) is 2.01. The van der Waals surface area contributed by atoms with Gasteiger partial charge in [-0.2, -0.15) is 5.10 Å². The quantitative estimate of drug-likeness (QED) is 0.696. The van der Waals surface area contributed by atoms with Crippen LogP contribution in [0.1, 0.15) is 17.5 Å². The number of imidazole rings is 1. The molecule has 0 unspecified atom stereocenters. The normalized spacial score (nSPS) is 11.1. The van der Waals surface area contributed by atoms with Crippen LogP contribution < -0.4 is 0 Å². The molecule has 0 amide bonds. The number of fused-ring (bicyclic) bond motifs is 1. The molecular weight excluding hydrogens is 238 g/mol. The molecule has 0 radical (unpaired) electrons. The van der Waals surface area contributed by atoms with E-state index >= 15 is 0 Å². The molecule has 3 aromatic rings. The molecule has 0 saturated carbocycles. The van der Waals surface area contributed by atoms with Crippen LogP contribution in [-0.2, 0) is 12.3 Å². The van der Waals surface area contributed by atoms with Crippen molar-refractivity contribution >= 4 is 22.6 Å². The van der Waals surface area contributed by atoms with Gasteiger partial charge in [-0.15, -0.1) is 11.6 Å². The molecule has 86 valence electrons. The van der Waals surface area contributed by atoms with Crippen LogP contribution >= 0.6 is 11.6 Å². The van der Waals surface area contributed by atoms with E-state index in [0.717, 1.165) is 22.7 Å². The van der Waals surface area contributed by atoms with Gasteiger partial charge in [-0.25, -0.2) is 9.97 Å². The van der Waals surface area contributed by atoms with Crippen molar-refractivity contribution in [1.82, 2.24) is 25.1 Å². The topological polar surface area (TPSA) is 70.2 Å². The SMILES string of the molecule is ClCc1n[nH]c(Cc2nc3ccccc3[nH]2)n1. The first kappa shape index (κ1) is 10.3. The van der Waals surface area contributed by atoms with Crippen molar-refractivity contribution in [3.05, 3.63) is 41.7 Å². The Morgan fingerprint density at radius 3 is 2.76 bits per heavy atom. The summed E-state index contributed by atoms with van der Waals surface area (Å²) in [5.41, 5.74) is 1.99. The van der Waals surface area contributed by atoms with Gasteiger partial charge in [0.15, 0.2) is 5.82 Å². The van der Waals surface area contributed by atoms with Crippen molar-refractivity contribution in [1.29, 1.82) is 0 Å². The number of rotatable bonds is 3. The molecule has 0 aliphatic carbocycles. The largest absolute Gasteiger partial charge is 0.342 e. The number of nitrogens with one attached hydrogen (secondary N) is 2. The Kier molecular flexibility index (Phi) is 2.53. The number of benzene rings is 1. The van der Waals surface area contributed by atoms with Crippen LogP contribution in [0.25, 0.3) is 11.0 Å². The molecule has 0 saturated heterocycles. The number of halogens is 1. The van der Waals surface area contributed by atoms with Gasteiger partial charge in [-0.1, -0.05) is 12.1 Å². The molecule has 3 rings (SSSR count). The molecule has 0 bridgehead atoms. The maximum Gasteiger partial charge on any atom is 0.165 e. The van der Waals surface area contributed by atoms with Gasteiger partial charge in [0.2, 0.25) is 0 Å². The molecule has 0 atom stereocenters. The van der Waals surface area contributed by atoms with Crippen LogP contribution in [0.4, 0.5) is 0 Å². The van der Waals surface area contributed by atoms with E-state index in [1.54, 1.807) is 0 Å². The maximum atomic E-state index is 5.64. The summed E-state index contributed by atoms with van der Waals surface area (Å²) in [5.74, 6) is 2.55. The van der Waals surface area contributed by atoms with Crippen LogP contribution in [-0.4, -0.2) is 25.1 Å². The third-order valence-electron chi connectivity index (χ3n) is 2.47. The standard InChI is InChI=1S/C11H10ClN5/c12-6-11-15-10(16-17-11)5-9-13-7-3-1-2-4-8(7)14-9/h1-4H,5-6H2,(H,13,14)(H,15,16,17). The van der Waals surface area contributed by atoms with E-state index in [2.05, 4.69) is 25.1 Å². The number of H-pyrrole nitrogens is 2. The van der Waals surface area contributed by atoms with Gasteiger partial charge in [0, 0.05) is 0 Å². The minimum absolute atomic E-state index is 0.316. The Balaban J connectivity index is 1.89. The molecule has 1 aromatic carbocycles. The highest BCUT2D eigenvalue weighted by molar-refractivity contribution is 6.16. The molecule has 0 aliphatic rings. The average Bonchev–Trinajstić information content (AvgIpc) is 2.94. The van der Waals surface area contributed by atoms with E-state index in [4.69, 9.17) is 11.6 Å². The molecule has 0 spiro atoms. The van der Waals surface area contributed by atoms with Crippen molar-refractivity contribution in [3.63, 3.8) is 0 Å². The first-order valence-electron chi connectivity index (χ1n) is 5.25. The fraction of sp³-hybridized carbons (Fsp3) is 0.182. The van der Waals surface area contributed by atoms with Gasteiger partial charge in [-0.3, -0.25) is 5.10 Å². The van der Waals surface area contributed by atoms with Gasteiger partial charge in [-0.05, 0) is 12.1 Å². The Labute approximate surface area is 102 Å². The molecule has 0 aliphatic heterocycles.